The summed E-state index contributed by atoms with van der Waals surface area (Å²) in [5, 5.41) is 7.33. The second-order valence-corrected chi connectivity index (χ2v) is 7.70. The molecule has 8 nitrogen and oxygen atoms in total. The van der Waals surface area contributed by atoms with Gasteiger partial charge in [-0.05, 0) is 45.1 Å². The summed E-state index contributed by atoms with van der Waals surface area (Å²) in [7, 11) is 0. The number of rotatable bonds is 8. The van der Waals surface area contributed by atoms with E-state index >= 15 is 0 Å². The van der Waals surface area contributed by atoms with Crippen LogP contribution in [0.25, 0.3) is 0 Å². The van der Waals surface area contributed by atoms with E-state index in [-0.39, 0.29) is 37.5 Å². The highest BCUT2D eigenvalue weighted by molar-refractivity contribution is 6.06. The molecule has 1 amide bonds. The number of esters is 1. The van der Waals surface area contributed by atoms with Crippen LogP contribution < -0.4 is 5.32 Å². The third-order valence-electron chi connectivity index (χ3n) is 5.53. The first-order valence-electron chi connectivity index (χ1n) is 10.7. The fraction of sp³-hybridized carbons (Fsp3) is 0.478. The number of benzene rings is 1. The summed E-state index contributed by atoms with van der Waals surface area (Å²) in [5.74, 6) is -0.802. The smallest absolute Gasteiger partial charge is 0.407 e. The van der Waals surface area contributed by atoms with Crippen molar-refractivity contribution >= 4 is 17.8 Å². The van der Waals surface area contributed by atoms with Gasteiger partial charge in [0, 0.05) is 11.7 Å². The molecule has 1 saturated carbocycles. The molecule has 0 atom stereocenters. The molecule has 1 N–H and O–H groups in total. The number of carbonyl (C=O) groups is 3. The van der Waals surface area contributed by atoms with Gasteiger partial charge in [0.2, 0.25) is 0 Å². The molecule has 166 valence electrons. The van der Waals surface area contributed by atoms with Crippen molar-refractivity contribution in [2.24, 2.45) is 0 Å². The zero-order chi connectivity index (χ0) is 22.2. The van der Waals surface area contributed by atoms with Gasteiger partial charge in [-0.15, -0.1) is 0 Å². The van der Waals surface area contributed by atoms with Crippen molar-refractivity contribution in [3.63, 3.8) is 0 Å². The lowest BCUT2D eigenvalue weighted by Gasteiger charge is -2.29. The Balaban J connectivity index is 1.47. The fourth-order valence-corrected chi connectivity index (χ4v) is 3.90. The molecule has 0 bridgehead atoms. The van der Waals surface area contributed by atoms with Crippen molar-refractivity contribution in [1.82, 2.24) is 15.1 Å². The second kappa shape index (κ2) is 10.7. The lowest BCUT2D eigenvalue weighted by atomic mass is 9.91. The number of carbonyl (C=O) groups excluding carboxylic acids is 3. The van der Waals surface area contributed by atoms with Crippen molar-refractivity contribution in [3.8, 4) is 0 Å². The van der Waals surface area contributed by atoms with Gasteiger partial charge in [0.25, 0.3) is 0 Å². The van der Waals surface area contributed by atoms with Crippen molar-refractivity contribution in [2.75, 3.05) is 6.61 Å². The number of hydrogen-bond acceptors (Lipinski definition) is 6. The molecule has 1 aromatic heterocycles. The van der Waals surface area contributed by atoms with Crippen LogP contribution in [-0.2, 0) is 20.9 Å². The van der Waals surface area contributed by atoms with E-state index in [4.69, 9.17) is 9.47 Å². The minimum Gasteiger partial charge on any atom is -0.466 e. The van der Waals surface area contributed by atoms with Gasteiger partial charge in [0.05, 0.1) is 24.4 Å². The first-order valence-corrected chi connectivity index (χ1v) is 10.7. The summed E-state index contributed by atoms with van der Waals surface area (Å²) in [5.41, 5.74) is 2.16. The number of hydrogen-bond donors (Lipinski definition) is 1. The Bertz CT molecular complexity index is 901. The first-order chi connectivity index (χ1) is 15.0. The quantitative estimate of drug-likeness (QED) is 0.391. The van der Waals surface area contributed by atoms with Gasteiger partial charge < -0.3 is 14.8 Å². The molecule has 1 fully saturated rings. The fourth-order valence-electron chi connectivity index (χ4n) is 3.90. The van der Waals surface area contributed by atoms with Gasteiger partial charge in [0.15, 0.2) is 5.78 Å². The molecule has 8 heteroatoms. The van der Waals surface area contributed by atoms with Crippen molar-refractivity contribution in [2.45, 2.75) is 64.6 Å². The first kappa shape index (κ1) is 22.5. The minimum absolute atomic E-state index is 0.0558. The molecule has 1 aliphatic carbocycles. The van der Waals surface area contributed by atoms with E-state index in [0.717, 1.165) is 36.9 Å². The van der Waals surface area contributed by atoms with Crippen LogP contribution >= 0.6 is 0 Å². The van der Waals surface area contributed by atoms with Gasteiger partial charge in [-0.1, -0.05) is 30.3 Å². The van der Waals surface area contributed by atoms with E-state index < -0.39 is 12.1 Å². The highest BCUT2D eigenvalue weighted by Gasteiger charge is 2.27. The SMILES string of the molecule is CCOC(=O)CC(=O)c1cnn(C2CCC(NC(=O)OCc3ccccc3)CC2)c1C. The van der Waals surface area contributed by atoms with Gasteiger partial charge in [-0.25, -0.2) is 4.79 Å². The average Bonchev–Trinajstić information content (AvgIpc) is 3.15. The largest absolute Gasteiger partial charge is 0.466 e. The van der Waals surface area contributed by atoms with E-state index in [2.05, 4.69) is 10.4 Å². The molecule has 0 unspecified atom stereocenters. The Kier molecular flexibility index (Phi) is 7.81. The number of alkyl carbamates (subject to hydrolysis) is 1. The lowest BCUT2D eigenvalue weighted by molar-refractivity contribution is -0.141. The molecular formula is C23H29N3O5. The van der Waals surface area contributed by atoms with Gasteiger partial charge in [-0.3, -0.25) is 14.3 Å². The predicted octanol–water partition coefficient (Wildman–Crippen LogP) is 3.74. The Labute approximate surface area is 181 Å². The molecule has 0 aliphatic heterocycles. The van der Waals surface area contributed by atoms with Crippen LogP contribution in [0.4, 0.5) is 4.79 Å². The molecule has 2 aromatic rings. The van der Waals surface area contributed by atoms with Crippen molar-refractivity contribution < 1.29 is 23.9 Å². The highest BCUT2D eigenvalue weighted by Crippen LogP contribution is 2.30. The number of ketones is 1. The predicted molar refractivity (Wildman–Crippen MR) is 114 cm³/mol. The molecule has 3 rings (SSSR count). The van der Waals surface area contributed by atoms with Crippen LogP contribution in [0.15, 0.2) is 36.5 Å². The standard InChI is InChI=1S/C23H29N3O5/c1-3-30-22(28)13-21(27)20-14-24-26(16(20)2)19-11-9-18(10-12-19)25-23(29)31-15-17-7-5-4-6-8-17/h4-8,14,18-19H,3,9-13,15H2,1-2H3,(H,25,29). The topological polar surface area (TPSA) is 99.5 Å². The third kappa shape index (κ3) is 6.16. The number of amides is 1. The highest BCUT2D eigenvalue weighted by atomic mass is 16.5. The second-order valence-electron chi connectivity index (χ2n) is 7.70. The molecule has 0 saturated heterocycles. The minimum atomic E-state index is -0.523. The summed E-state index contributed by atoms with van der Waals surface area (Å²) in [6.07, 6.45) is 4.11. The number of Topliss-reactive ketones (excluding diaryl/α,β-unsaturated/α-hetero) is 1. The van der Waals surface area contributed by atoms with E-state index in [9.17, 15) is 14.4 Å². The molecule has 1 aromatic carbocycles. The van der Waals surface area contributed by atoms with E-state index in [1.807, 2.05) is 41.9 Å². The summed E-state index contributed by atoms with van der Waals surface area (Å²) in [4.78, 5) is 36.0. The Morgan fingerprint density at radius 1 is 1.10 bits per heavy atom. The number of aromatic nitrogens is 2. The maximum atomic E-state index is 12.4. The van der Waals surface area contributed by atoms with Crippen LogP contribution in [0.3, 0.4) is 0 Å². The average molecular weight is 428 g/mol. The molecule has 1 heterocycles. The molecular weight excluding hydrogens is 398 g/mol. The molecule has 0 spiro atoms. The maximum Gasteiger partial charge on any atom is 0.407 e. The van der Waals surface area contributed by atoms with Gasteiger partial charge >= 0.3 is 12.1 Å². The lowest BCUT2D eigenvalue weighted by Crippen LogP contribution is -2.38. The Hall–Kier alpha value is -3.16. The molecule has 1 aliphatic rings. The molecule has 0 radical (unpaired) electrons. The third-order valence-corrected chi connectivity index (χ3v) is 5.53. The normalized spacial score (nSPS) is 18.3. The number of ether oxygens (including phenoxy) is 2. The summed E-state index contributed by atoms with van der Waals surface area (Å²) >= 11 is 0. The summed E-state index contributed by atoms with van der Waals surface area (Å²) in [6, 6.07) is 9.77. The van der Waals surface area contributed by atoms with E-state index in [0.29, 0.717) is 5.56 Å². The van der Waals surface area contributed by atoms with Crippen LogP contribution in [0.1, 0.15) is 66.7 Å². The van der Waals surface area contributed by atoms with E-state index in [1.165, 1.54) is 6.20 Å². The van der Waals surface area contributed by atoms with Crippen LogP contribution in [0, 0.1) is 6.92 Å². The monoisotopic (exact) mass is 427 g/mol. The van der Waals surface area contributed by atoms with Crippen LogP contribution in [0.2, 0.25) is 0 Å². The zero-order valence-corrected chi connectivity index (χ0v) is 18.0. The van der Waals surface area contributed by atoms with Crippen molar-refractivity contribution in [1.29, 1.82) is 0 Å². The van der Waals surface area contributed by atoms with Crippen LogP contribution in [0.5, 0.6) is 0 Å². The summed E-state index contributed by atoms with van der Waals surface area (Å²) < 4.78 is 12.0. The number of nitrogens with zero attached hydrogens (tertiary/aromatic N) is 2. The molecule has 31 heavy (non-hydrogen) atoms. The van der Waals surface area contributed by atoms with Crippen LogP contribution in [-0.4, -0.2) is 40.3 Å². The maximum absolute atomic E-state index is 12.4. The zero-order valence-electron chi connectivity index (χ0n) is 18.0. The van der Waals surface area contributed by atoms with Gasteiger partial charge in [0.1, 0.15) is 13.0 Å². The van der Waals surface area contributed by atoms with Gasteiger partial charge in [-0.2, -0.15) is 5.10 Å². The van der Waals surface area contributed by atoms with E-state index in [1.54, 1.807) is 6.92 Å². The number of nitrogens with one attached hydrogen (secondary N) is 1. The van der Waals surface area contributed by atoms with Crippen molar-refractivity contribution in [3.05, 3.63) is 53.3 Å². The Morgan fingerprint density at radius 2 is 1.81 bits per heavy atom. The Morgan fingerprint density at radius 3 is 2.48 bits per heavy atom. The summed E-state index contributed by atoms with van der Waals surface area (Å²) in [6.45, 7) is 4.05.